The molecule has 0 fully saturated rings. The first-order valence-corrected chi connectivity index (χ1v) is 7.11. The van der Waals surface area contributed by atoms with E-state index < -0.39 is 0 Å². The highest BCUT2D eigenvalue weighted by molar-refractivity contribution is 5.93. The third-order valence-electron chi connectivity index (χ3n) is 3.44. The zero-order valence-electron chi connectivity index (χ0n) is 11.8. The number of hydrogen-bond acceptors (Lipinski definition) is 3. The monoisotopic (exact) mass is 278 g/mol. The minimum absolute atomic E-state index is 0.149. The van der Waals surface area contributed by atoms with Crippen molar-refractivity contribution in [2.75, 3.05) is 18.4 Å². The van der Waals surface area contributed by atoms with Crippen molar-refractivity contribution in [1.29, 1.82) is 0 Å². The van der Waals surface area contributed by atoms with Gasteiger partial charge in [-0.05, 0) is 17.7 Å². The molecule has 1 N–H and O–H groups in total. The van der Waals surface area contributed by atoms with Gasteiger partial charge >= 0.3 is 0 Å². The smallest absolute Gasteiger partial charge is 0.171 e. The molecule has 1 heterocycles. The van der Waals surface area contributed by atoms with Crippen molar-refractivity contribution in [1.82, 2.24) is 4.90 Å². The Hall–Kier alpha value is -2.39. The van der Waals surface area contributed by atoms with Gasteiger partial charge < -0.3 is 5.32 Å². The van der Waals surface area contributed by atoms with E-state index in [0.29, 0.717) is 6.54 Å². The van der Waals surface area contributed by atoms with E-state index in [1.807, 2.05) is 48.5 Å². The summed E-state index contributed by atoms with van der Waals surface area (Å²) in [5.41, 5.74) is 3.19. The number of rotatable bonds is 4. The number of ketones is 1. The normalized spacial score (nSPS) is 15.6. The Labute approximate surface area is 124 Å². The number of hydrogen-bond donors (Lipinski definition) is 1. The summed E-state index contributed by atoms with van der Waals surface area (Å²) < 4.78 is 0. The minimum atomic E-state index is 0.149. The molecule has 0 saturated carbocycles. The van der Waals surface area contributed by atoms with Crippen LogP contribution in [-0.4, -0.2) is 23.8 Å². The Morgan fingerprint density at radius 2 is 1.57 bits per heavy atom. The molecule has 0 spiro atoms. The van der Waals surface area contributed by atoms with Gasteiger partial charge in [0, 0.05) is 30.5 Å². The summed E-state index contributed by atoms with van der Waals surface area (Å²) in [5.74, 6) is 0.149. The lowest BCUT2D eigenvalue weighted by Gasteiger charge is -2.27. The lowest BCUT2D eigenvalue weighted by molar-refractivity contribution is -0.116. The van der Waals surface area contributed by atoms with Crippen molar-refractivity contribution >= 4 is 11.5 Å². The molecule has 0 aromatic heterocycles. The van der Waals surface area contributed by atoms with Crippen molar-refractivity contribution in [3.05, 3.63) is 78.0 Å². The zero-order chi connectivity index (χ0) is 14.5. The van der Waals surface area contributed by atoms with Gasteiger partial charge in [-0.1, -0.05) is 48.5 Å². The molecule has 0 aliphatic carbocycles. The standard InChI is InChI=1S/C18H18N2O/c21-18-11-17(19-16-9-5-2-6-10-16)13-20(14-18)12-15-7-3-1-4-8-15/h1-11,19H,12-14H2. The van der Waals surface area contributed by atoms with Crippen molar-refractivity contribution < 1.29 is 4.79 Å². The van der Waals surface area contributed by atoms with Crippen molar-refractivity contribution in [2.24, 2.45) is 0 Å². The van der Waals surface area contributed by atoms with E-state index >= 15 is 0 Å². The Balaban J connectivity index is 1.67. The van der Waals surface area contributed by atoms with Gasteiger partial charge in [-0.25, -0.2) is 0 Å². The van der Waals surface area contributed by atoms with E-state index in [9.17, 15) is 4.79 Å². The number of nitrogens with one attached hydrogen (secondary N) is 1. The van der Waals surface area contributed by atoms with Crippen molar-refractivity contribution in [3.8, 4) is 0 Å². The van der Waals surface area contributed by atoms with Crippen LogP contribution in [0.25, 0.3) is 0 Å². The van der Waals surface area contributed by atoms with Crippen molar-refractivity contribution in [3.63, 3.8) is 0 Å². The predicted molar refractivity (Wildman–Crippen MR) is 84.9 cm³/mol. The summed E-state index contributed by atoms with van der Waals surface area (Å²) in [6.45, 7) is 2.03. The summed E-state index contributed by atoms with van der Waals surface area (Å²) in [6.07, 6.45) is 1.72. The first-order chi connectivity index (χ1) is 10.3. The van der Waals surface area contributed by atoms with Crippen LogP contribution in [0.2, 0.25) is 0 Å². The quantitative estimate of drug-likeness (QED) is 0.933. The molecule has 0 bridgehead atoms. The molecule has 1 aliphatic heterocycles. The van der Waals surface area contributed by atoms with E-state index in [-0.39, 0.29) is 5.78 Å². The molecule has 0 atom stereocenters. The highest BCUT2D eigenvalue weighted by Crippen LogP contribution is 2.15. The highest BCUT2D eigenvalue weighted by Gasteiger charge is 2.18. The number of anilines is 1. The molecule has 3 rings (SSSR count). The van der Waals surface area contributed by atoms with Crippen LogP contribution in [0.4, 0.5) is 5.69 Å². The molecular formula is C18H18N2O. The number of para-hydroxylation sites is 1. The van der Waals surface area contributed by atoms with Gasteiger partial charge in [-0.3, -0.25) is 9.69 Å². The van der Waals surface area contributed by atoms with Crippen LogP contribution < -0.4 is 5.32 Å². The molecule has 21 heavy (non-hydrogen) atoms. The van der Waals surface area contributed by atoms with Crippen LogP contribution in [0.15, 0.2) is 72.4 Å². The van der Waals surface area contributed by atoms with Gasteiger partial charge in [0.25, 0.3) is 0 Å². The zero-order valence-corrected chi connectivity index (χ0v) is 11.8. The van der Waals surface area contributed by atoms with Gasteiger partial charge in [0.1, 0.15) is 0 Å². The number of benzene rings is 2. The first kappa shape index (κ1) is 13.6. The summed E-state index contributed by atoms with van der Waals surface area (Å²) in [4.78, 5) is 14.1. The maximum Gasteiger partial charge on any atom is 0.171 e. The van der Waals surface area contributed by atoms with Crippen LogP contribution in [0.3, 0.4) is 0 Å². The average molecular weight is 278 g/mol. The second-order valence-electron chi connectivity index (χ2n) is 5.26. The van der Waals surface area contributed by atoms with E-state index in [1.165, 1.54) is 5.56 Å². The van der Waals surface area contributed by atoms with E-state index in [0.717, 1.165) is 24.5 Å². The van der Waals surface area contributed by atoms with Crippen molar-refractivity contribution in [2.45, 2.75) is 6.54 Å². The SMILES string of the molecule is O=C1C=C(Nc2ccccc2)CN(Cc2ccccc2)C1. The lowest BCUT2D eigenvalue weighted by atomic mass is 10.1. The number of nitrogens with zero attached hydrogens (tertiary/aromatic N) is 1. The fourth-order valence-electron chi connectivity index (χ4n) is 2.54. The van der Waals surface area contributed by atoms with Crippen LogP contribution in [-0.2, 0) is 11.3 Å². The van der Waals surface area contributed by atoms with Crippen LogP contribution in [0, 0.1) is 0 Å². The first-order valence-electron chi connectivity index (χ1n) is 7.11. The maximum atomic E-state index is 11.9. The Bertz CT molecular complexity index is 635. The van der Waals surface area contributed by atoms with Gasteiger partial charge in [0.05, 0.1) is 6.54 Å². The Kier molecular flexibility index (Phi) is 4.12. The topological polar surface area (TPSA) is 32.3 Å². The summed E-state index contributed by atoms with van der Waals surface area (Å²) in [6, 6.07) is 20.2. The fourth-order valence-corrected chi connectivity index (χ4v) is 2.54. The maximum absolute atomic E-state index is 11.9. The second-order valence-corrected chi connectivity index (χ2v) is 5.26. The molecule has 0 unspecified atom stereocenters. The van der Waals surface area contributed by atoms with Gasteiger partial charge in [-0.15, -0.1) is 0 Å². The van der Waals surface area contributed by atoms with E-state index in [4.69, 9.17) is 0 Å². The molecule has 2 aromatic rings. The molecule has 3 heteroatoms. The van der Waals surface area contributed by atoms with E-state index in [1.54, 1.807) is 6.08 Å². The molecule has 0 amide bonds. The van der Waals surface area contributed by atoms with Gasteiger partial charge in [0.15, 0.2) is 5.78 Å². The molecule has 0 saturated heterocycles. The molecule has 2 aromatic carbocycles. The molecule has 0 radical (unpaired) electrons. The lowest BCUT2D eigenvalue weighted by Crippen LogP contribution is -2.36. The Morgan fingerprint density at radius 3 is 2.29 bits per heavy atom. The summed E-state index contributed by atoms with van der Waals surface area (Å²) in [7, 11) is 0. The third-order valence-corrected chi connectivity index (χ3v) is 3.44. The van der Waals surface area contributed by atoms with Gasteiger partial charge in [0.2, 0.25) is 0 Å². The molecule has 3 nitrogen and oxygen atoms in total. The minimum Gasteiger partial charge on any atom is -0.358 e. The Morgan fingerprint density at radius 1 is 0.905 bits per heavy atom. The average Bonchev–Trinajstić information content (AvgIpc) is 2.48. The number of carbonyl (C=O) groups is 1. The largest absolute Gasteiger partial charge is 0.358 e. The summed E-state index contributed by atoms with van der Waals surface area (Å²) in [5, 5.41) is 3.33. The predicted octanol–water partition coefficient (Wildman–Crippen LogP) is 3.07. The van der Waals surface area contributed by atoms with Crippen LogP contribution in [0.1, 0.15) is 5.56 Å². The van der Waals surface area contributed by atoms with E-state index in [2.05, 4.69) is 22.3 Å². The fraction of sp³-hybridized carbons (Fsp3) is 0.167. The van der Waals surface area contributed by atoms with Gasteiger partial charge in [-0.2, -0.15) is 0 Å². The molecular weight excluding hydrogens is 260 g/mol. The molecule has 1 aliphatic rings. The second kappa shape index (κ2) is 6.37. The van der Waals surface area contributed by atoms with Crippen LogP contribution in [0.5, 0.6) is 0 Å². The molecule has 106 valence electrons. The van der Waals surface area contributed by atoms with Crippen LogP contribution >= 0.6 is 0 Å². The highest BCUT2D eigenvalue weighted by atomic mass is 16.1. The third kappa shape index (κ3) is 3.80. The number of carbonyl (C=O) groups excluding carboxylic acids is 1. The summed E-state index contributed by atoms with van der Waals surface area (Å²) >= 11 is 0.